The van der Waals surface area contributed by atoms with Crippen molar-refractivity contribution in [1.82, 2.24) is 5.32 Å². The molecular formula is C25H22F3NO3. The fraction of sp³-hybridized carbons (Fsp3) is 0.280. The molecule has 0 aromatic heterocycles. The van der Waals surface area contributed by atoms with Crippen molar-refractivity contribution in [3.05, 3.63) is 94.8 Å². The summed E-state index contributed by atoms with van der Waals surface area (Å²) >= 11 is 0. The second kappa shape index (κ2) is 8.65. The molecular weight excluding hydrogens is 419 g/mol. The molecule has 1 aliphatic heterocycles. The molecule has 0 radical (unpaired) electrons. The van der Waals surface area contributed by atoms with Gasteiger partial charge in [0.15, 0.2) is 5.78 Å². The van der Waals surface area contributed by atoms with Crippen LogP contribution in [0.3, 0.4) is 0 Å². The summed E-state index contributed by atoms with van der Waals surface area (Å²) in [5.74, 6) is -2.38. The van der Waals surface area contributed by atoms with Crippen LogP contribution >= 0.6 is 0 Å². The topological polar surface area (TPSA) is 55.4 Å². The molecule has 2 aromatic rings. The Balaban J connectivity index is 1.70. The zero-order valence-corrected chi connectivity index (χ0v) is 17.2. The Kier molecular flexibility index (Phi) is 5.91. The van der Waals surface area contributed by atoms with E-state index in [1.54, 1.807) is 0 Å². The molecule has 1 heterocycles. The Morgan fingerprint density at radius 2 is 1.75 bits per heavy atom. The summed E-state index contributed by atoms with van der Waals surface area (Å²) in [6.07, 6.45) is -2.87. The summed E-state index contributed by atoms with van der Waals surface area (Å²) in [7, 11) is 0. The van der Waals surface area contributed by atoms with Crippen LogP contribution in [0.5, 0.6) is 0 Å². The second-order valence-electron chi connectivity index (χ2n) is 7.99. The summed E-state index contributed by atoms with van der Waals surface area (Å²) in [4.78, 5) is 26.0. The van der Waals surface area contributed by atoms with Gasteiger partial charge in [-0.05, 0) is 36.1 Å². The third kappa shape index (κ3) is 4.33. The summed E-state index contributed by atoms with van der Waals surface area (Å²) < 4.78 is 44.7. The van der Waals surface area contributed by atoms with Crippen molar-refractivity contribution in [1.29, 1.82) is 0 Å². The van der Waals surface area contributed by atoms with Gasteiger partial charge in [0.25, 0.3) is 0 Å². The Hall–Kier alpha value is -3.35. The Bertz CT molecular complexity index is 1070. The number of carbonyl (C=O) groups is 2. The first-order chi connectivity index (χ1) is 15.3. The van der Waals surface area contributed by atoms with Gasteiger partial charge in [-0.1, -0.05) is 49.0 Å². The number of benzene rings is 2. The van der Waals surface area contributed by atoms with Gasteiger partial charge in [-0.15, -0.1) is 0 Å². The van der Waals surface area contributed by atoms with Gasteiger partial charge < -0.3 is 10.1 Å². The Morgan fingerprint density at radius 1 is 1.06 bits per heavy atom. The number of ether oxygens (including phenoxy) is 1. The van der Waals surface area contributed by atoms with Crippen molar-refractivity contribution in [3.8, 4) is 0 Å². The molecule has 1 aliphatic carbocycles. The average Bonchev–Trinajstić information content (AvgIpc) is 2.77. The van der Waals surface area contributed by atoms with Crippen LogP contribution < -0.4 is 5.32 Å². The number of nitrogens with one attached hydrogen (secondary N) is 1. The van der Waals surface area contributed by atoms with E-state index in [-0.39, 0.29) is 12.4 Å². The molecule has 4 rings (SSSR count). The van der Waals surface area contributed by atoms with Gasteiger partial charge in [0, 0.05) is 29.3 Å². The van der Waals surface area contributed by atoms with Gasteiger partial charge >= 0.3 is 12.1 Å². The van der Waals surface area contributed by atoms with Gasteiger partial charge in [-0.3, -0.25) is 9.59 Å². The zero-order chi connectivity index (χ0) is 22.9. The summed E-state index contributed by atoms with van der Waals surface area (Å²) in [5, 5.41) is 3.10. The normalized spacial score (nSPS) is 21.1. The lowest BCUT2D eigenvalue weighted by molar-refractivity contribution is -0.149. The van der Waals surface area contributed by atoms with Crippen LogP contribution in [-0.2, 0) is 27.1 Å². The molecule has 0 bridgehead atoms. The molecule has 4 nitrogen and oxygen atoms in total. The van der Waals surface area contributed by atoms with E-state index < -0.39 is 29.5 Å². The number of esters is 1. The molecule has 32 heavy (non-hydrogen) atoms. The molecule has 2 unspecified atom stereocenters. The SMILES string of the molecule is C=C1NC2=C(C(=O)CCC2)C(c2ccc(C(F)(F)F)cc2)C1C(=O)OCc1ccccc1. The molecule has 0 saturated carbocycles. The molecule has 7 heteroatoms. The van der Waals surface area contributed by atoms with E-state index in [2.05, 4.69) is 11.9 Å². The lowest BCUT2D eigenvalue weighted by Crippen LogP contribution is -2.41. The first-order valence-electron chi connectivity index (χ1n) is 10.4. The smallest absolute Gasteiger partial charge is 0.416 e. The van der Waals surface area contributed by atoms with E-state index in [9.17, 15) is 22.8 Å². The summed E-state index contributed by atoms with van der Waals surface area (Å²) in [6.45, 7) is 4.03. The van der Waals surface area contributed by atoms with Gasteiger partial charge in [0.05, 0.1) is 5.56 Å². The second-order valence-corrected chi connectivity index (χ2v) is 7.99. The highest BCUT2D eigenvalue weighted by molar-refractivity contribution is 6.00. The number of allylic oxidation sites excluding steroid dienone is 2. The molecule has 2 aliphatic rings. The number of alkyl halides is 3. The van der Waals surface area contributed by atoms with Crippen LogP contribution in [0.4, 0.5) is 13.2 Å². The first-order valence-corrected chi connectivity index (χ1v) is 10.4. The van der Waals surface area contributed by atoms with Crippen LogP contribution in [0, 0.1) is 5.92 Å². The maximum atomic E-state index is 13.1. The lowest BCUT2D eigenvalue weighted by atomic mass is 9.71. The fourth-order valence-corrected chi connectivity index (χ4v) is 4.33. The quantitative estimate of drug-likeness (QED) is 0.657. The maximum Gasteiger partial charge on any atom is 0.416 e. The van der Waals surface area contributed by atoms with E-state index in [4.69, 9.17) is 4.74 Å². The van der Waals surface area contributed by atoms with Crippen LogP contribution in [-0.4, -0.2) is 11.8 Å². The predicted octanol–water partition coefficient (Wildman–Crippen LogP) is 5.27. The lowest BCUT2D eigenvalue weighted by Gasteiger charge is -2.38. The molecule has 0 amide bonds. The molecule has 0 saturated heterocycles. The summed E-state index contributed by atoms with van der Waals surface area (Å²) in [5.41, 5.74) is 1.95. The third-order valence-corrected chi connectivity index (χ3v) is 5.86. The van der Waals surface area contributed by atoms with Gasteiger partial charge in [0.2, 0.25) is 0 Å². The van der Waals surface area contributed by atoms with Crippen molar-refractivity contribution < 1.29 is 27.5 Å². The van der Waals surface area contributed by atoms with E-state index in [1.807, 2.05) is 30.3 Å². The minimum Gasteiger partial charge on any atom is -0.460 e. The van der Waals surface area contributed by atoms with Crippen molar-refractivity contribution in [2.24, 2.45) is 5.92 Å². The number of carbonyl (C=O) groups excluding carboxylic acids is 2. The number of halogens is 3. The fourth-order valence-electron chi connectivity index (χ4n) is 4.33. The van der Waals surface area contributed by atoms with Crippen LogP contribution in [0.2, 0.25) is 0 Å². The Labute approximate surface area is 183 Å². The molecule has 0 fully saturated rings. The van der Waals surface area contributed by atoms with Crippen molar-refractivity contribution in [2.45, 2.75) is 38.0 Å². The third-order valence-electron chi connectivity index (χ3n) is 5.86. The highest BCUT2D eigenvalue weighted by Crippen LogP contribution is 2.45. The molecule has 0 spiro atoms. The average molecular weight is 441 g/mol. The van der Waals surface area contributed by atoms with Gasteiger partial charge in [0.1, 0.15) is 12.5 Å². The number of hydrogen-bond donors (Lipinski definition) is 1. The molecule has 2 atom stereocenters. The number of ketones is 1. The predicted molar refractivity (Wildman–Crippen MR) is 112 cm³/mol. The minimum atomic E-state index is -4.48. The van der Waals surface area contributed by atoms with E-state index in [1.165, 1.54) is 12.1 Å². The number of hydrogen-bond acceptors (Lipinski definition) is 4. The van der Waals surface area contributed by atoms with Gasteiger partial charge in [-0.25, -0.2) is 0 Å². The maximum absolute atomic E-state index is 13.1. The van der Waals surface area contributed by atoms with Crippen molar-refractivity contribution in [2.75, 3.05) is 0 Å². The van der Waals surface area contributed by atoms with Crippen LogP contribution in [0.15, 0.2) is 78.1 Å². The highest BCUT2D eigenvalue weighted by atomic mass is 19.4. The Morgan fingerprint density at radius 3 is 2.41 bits per heavy atom. The molecule has 1 N–H and O–H groups in total. The van der Waals surface area contributed by atoms with E-state index >= 15 is 0 Å². The monoisotopic (exact) mass is 441 g/mol. The van der Waals surface area contributed by atoms with E-state index in [0.717, 1.165) is 17.7 Å². The largest absolute Gasteiger partial charge is 0.460 e. The number of Topliss-reactive ketones (excluding diaryl/α,β-unsaturated/α-hetero) is 1. The van der Waals surface area contributed by atoms with Gasteiger partial charge in [-0.2, -0.15) is 13.2 Å². The molecule has 166 valence electrons. The van der Waals surface area contributed by atoms with E-state index in [0.29, 0.717) is 41.8 Å². The van der Waals surface area contributed by atoms with Crippen LogP contribution in [0.25, 0.3) is 0 Å². The summed E-state index contributed by atoms with van der Waals surface area (Å²) in [6, 6.07) is 13.7. The van der Waals surface area contributed by atoms with Crippen molar-refractivity contribution >= 4 is 11.8 Å². The highest BCUT2D eigenvalue weighted by Gasteiger charge is 2.44. The van der Waals surface area contributed by atoms with Crippen LogP contribution in [0.1, 0.15) is 41.9 Å². The zero-order valence-electron chi connectivity index (χ0n) is 17.2. The minimum absolute atomic E-state index is 0.0447. The molecule has 2 aromatic carbocycles. The standard InChI is InChI=1S/C25H22F3NO3/c1-15-21(24(31)32-14-16-6-3-2-4-7-16)22(23-19(29-15)8-5-9-20(23)30)17-10-12-18(13-11-17)25(26,27)28/h2-4,6-7,10-13,21-22,29H,1,5,8-9,14H2. The number of rotatable bonds is 4. The van der Waals surface area contributed by atoms with Crippen molar-refractivity contribution in [3.63, 3.8) is 0 Å². The first kappa shape index (κ1) is 21.9.